The maximum Gasteiger partial charge on any atom is 0.417 e. The monoisotopic (exact) mass is 570 g/mol. The molecule has 2 fully saturated rings. The Morgan fingerprint density at radius 2 is 1.95 bits per heavy atom. The predicted octanol–water partition coefficient (Wildman–Crippen LogP) is 2.89. The molecule has 0 saturated carbocycles. The van der Waals surface area contributed by atoms with Crippen LogP contribution in [0.5, 0.6) is 0 Å². The topological polar surface area (TPSA) is 112 Å². The minimum absolute atomic E-state index is 0.112. The molecule has 5 rings (SSSR count). The van der Waals surface area contributed by atoms with E-state index in [0.29, 0.717) is 59.2 Å². The van der Waals surface area contributed by atoms with Gasteiger partial charge < -0.3 is 34.3 Å². The molecule has 2 aliphatic rings. The van der Waals surface area contributed by atoms with Crippen LogP contribution < -0.4 is 20.7 Å². The predicted molar refractivity (Wildman–Crippen MR) is 136 cm³/mol. The Balaban J connectivity index is 1.31. The summed E-state index contributed by atoms with van der Waals surface area (Å²) in [5.74, 6) is -3.16. The van der Waals surface area contributed by atoms with Crippen molar-refractivity contribution in [1.29, 1.82) is 0 Å². The number of hydrogen-bond acceptors (Lipinski definition) is 7. The third kappa shape index (κ3) is 5.26. The van der Waals surface area contributed by atoms with Crippen molar-refractivity contribution in [3.8, 4) is 0 Å². The lowest BCUT2D eigenvalue weighted by Crippen LogP contribution is -2.59. The van der Waals surface area contributed by atoms with Crippen LogP contribution in [0, 0.1) is 0 Å². The van der Waals surface area contributed by atoms with Gasteiger partial charge in [0, 0.05) is 46.1 Å². The number of carbonyl (C=O) groups excluding carboxylic acids is 1. The maximum atomic E-state index is 15.4. The summed E-state index contributed by atoms with van der Waals surface area (Å²) in [4.78, 5) is 41.2. The molecule has 11 nitrogen and oxygen atoms in total. The quantitative estimate of drug-likeness (QED) is 0.464. The van der Waals surface area contributed by atoms with E-state index in [1.807, 2.05) is 0 Å². The van der Waals surface area contributed by atoms with Crippen LogP contribution in [0.1, 0.15) is 12.0 Å². The average molecular weight is 571 g/mol. The molecule has 0 spiro atoms. The van der Waals surface area contributed by atoms with Crippen LogP contribution in [0.2, 0.25) is 0 Å². The zero-order valence-electron chi connectivity index (χ0n) is 21.6. The molecule has 2 saturated heterocycles. The van der Waals surface area contributed by atoms with Crippen molar-refractivity contribution in [3.63, 3.8) is 0 Å². The number of nitrogens with one attached hydrogen (secondary N) is 2. The average Bonchev–Trinajstić information content (AvgIpc) is 3.33. The van der Waals surface area contributed by atoms with Gasteiger partial charge in [0.25, 0.3) is 11.5 Å². The second-order valence-corrected chi connectivity index (χ2v) is 9.78. The van der Waals surface area contributed by atoms with Crippen molar-refractivity contribution in [1.82, 2.24) is 24.4 Å². The molecule has 16 heteroatoms. The van der Waals surface area contributed by atoms with Gasteiger partial charge in [-0.1, -0.05) is 0 Å². The lowest BCUT2D eigenvalue weighted by Gasteiger charge is -2.42. The number of urea groups is 1. The molecule has 1 atom stereocenters. The molecule has 0 aliphatic carbocycles. The first kappa shape index (κ1) is 27.6. The summed E-state index contributed by atoms with van der Waals surface area (Å²) < 4.78 is 76.3. The number of hydrogen-bond donors (Lipinski definition) is 2. The lowest BCUT2D eigenvalue weighted by molar-refractivity contribution is -0.138. The SMILES string of the molecule is CN(C(=O)Nc1cc(C(F)(F)F)cn(C)c1=O)C1CCN(c2cnc3[nH]cc(N4CCOCC4)c3n2)CC1(F)F. The Bertz CT molecular complexity index is 1470. The number of rotatable bonds is 4. The van der Waals surface area contributed by atoms with E-state index in [4.69, 9.17) is 4.74 Å². The minimum atomic E-state index is -4.77. The summed E-state index contributed by atoms with van der Waals surface area (Å²) in [6.45, 7) is 1.78. The molecule has 1 unspecified atom stereocenters. The molecule has 3 aromatic rings. The molecular weight excluding hydrogens is 543 g/mol. The molecule has 2 N–H and O–H groups in total. The van der Waals surface area contributed by atoms with Gasteiger partial charge in [0.2, 0.25) is 0 Å². The van der Waals surface area contributed by atoms with E-state index < -0.39 is 47.5 Å². The number of amides is 2. The fourth-order valence-electron chi connectivity index (χ4n) is 4.97. The molecule has 2 amide bonds. The van der Waals surface area contributed by atoms with Gasteiger partial charge in [-0.05, 0) is 12.5 Å². The molecule has 3 aromatic heterocycles. The minimum Gasteiger partial charge on any atom is -0.378 e. The number of aromatic nitrogens is 4. The standard InChI is InChI=1S/C24H27F5N8O3/c1-34-12-14(24(27,28)29)9-15(21(34)38)32-22(39)35(2)17-3-4-37(13-23(17,25)26)18-11-31-20-19(33-18)16(10-30-20)36-5-7-40-8-6-36/h9-12,17H,3-8,13H2,1-2H3,(H,30,31)(H,32,39). The molecular formula is C24H27F5N8O3. The Kier molecular flexibility index (Phi) is 7.06. The number of pyridine rings is 1. The molecule has 216 valence electrons. The van der Waals surface area contributed by atoms with E-state index in [1.165, 1.54) is 11.1 Å². The number of halogens is 5. The number of aryl methyl sites for hydroxylation is 1. The number of piperidine rings is 1. The Hall–Kier alpha value is -3.95. The van der Waals surface area contributed by atoms with Crippen molar-refractivity contribution in [2.75, 3.05) is 61.6 Å². The number of anilines is 3. The lowest BCUT2D eigenvalue weighted by atomic mass is 9.99. The van der Waals surface area contributed by atoms with Gasteiger partial charge in [0.15, 0.2) is 5.65 Å². The van der Waals surface area contributed by atoms with Crippen molar-refractivity contribution < 1.29 is 31.5 Å². The number of morpholine rings is 1. The van der Waals surface area contributed by atoms with E-state index in [9.17, 15) is 22.8 Å². The Morgan fingerprint density at radius 1 is 1.23 bits per heavy atom. The van der Waals surface area contributed by atoms with Gasteiger partial charge in [0.05, 0.1) is 37.2 Å². The first-order valence-corrected chi connectivity index (χ1v) is 12.5. The molecule has 5 heterocycles. The number of ether oxygens (including phenoxy) is 1. The normalized spacial score (nSPS) is 19.6. The third-order valence-electron chi connectivity index (χ3n) is 7.13. The zero-order valence-corrected chi connectivity index (χ0v) is 21.6. The van der Waals surface area contributed by atoms with Gasteiger partial charge >= 0.3 is 12.2 Å². The second-order valence-electron chi connectivity index (χ2n) is 9.78. The van der Waals surface area contributed by atoms with E-state index in [-0.39, 0.29) is 18.8 Å². The molecule has 2 aliphatic heterocycles. The van der Waals surface area contributed by atoms with Crippen LogP contribution >= 0.6 is 0 Å². The van der Waals surface area contributed by atoms with Gasteiger partial charge in [-0.25, -0.2) is 23.5 Å². The van der Waals surface area contributed by atoms with Crippen LogP contribution in [0.3, 0.4) is 0 Å². The smallest absolute Gasteiger partial charge is 0.378 e. The Labute approximate surface area is 224 Å². The van der Waals surface area contributed by atoms with Gasteiger partial charge in [-0.2, -0.15) is 13.2 Å². The summed E-state index contributed by atoms with van der Waals surface area (Å²) in [6, 6.07) is -2.22. The van der Waals surface area contributed by atoms with Crippen LogP contribution in [0.25, 0.3) is 11.2 Å². The summed E-state index contributed by atoms with van der Waals surface area (Å²) >= 11 is 0. The highest BCUT2D eigenvalue weighted by atomic mass is 19.4. The van der Waals surface area contributed by atoms with Crippen molar-refractivity contribution >= 4 is 34.4 Å². The summed E-state index contributed by atoms with van der Waals surface area (Å²) in [6.07, 6.45) is -1.18. The van der Waals surface area contributed by atoms with E-state index >= 15 is 8.78 Å². The number of alkyl halides is 5. The maximum absolute atomic E-state index is 15.4. The van der Waals surface area contributed by atoms with E-state index in [0.717, 1.165) is 19.8 Å². The molecule has 0 radical (unpaired) electrons. The van der Waals surface area contributed by atoms with Crippen molar-refractivity contribution in [2.24, 2.45) is 7.05 Å². The second kappa shape index (κ2) is 10.2. The highest BCUT2D eigenvalue weighted by molar-refractivity contribution is 5.89. The largest absolute Gasteiger partial charge is 0.417 e. The summed E-state index contributed by atoms with van der Waals surface area (Å²) in [5.41, 5.74) is -0.879. The molecule has 0 aromatic carbocycles. The van der Waals surface area contributed by atoms with E-state index in [1.54, 1.807) is 6.20 Å². The number of aromatic amines is 1. The van der Waals surface area contributed by atoms with E-state index in [2.05, 4.69) is 25.2 Å². The van der Waals surface area contributed by atoms with Gasteiger partial charge in [-0.3, -0.25) is 4.79 Å². The summed E-state index contributed by atoms with van der Waals surface area (Å²) in [7, 11) is 2.21. The first-order valence-electron chi connectivity index (χ1n) is 12.5. The van der Waals surface area contributed by atoms with Gasteiger partial charge in [0.1, 0.15) is 23.1 Å². The fourth-order valence-corrected chi connectivity index (χ4v) is 4.97. The summed E-state index contributed by atoms with van der Waals surface area (Å²) in [5, 5.41) is 2.06. The van der Waals surface area contributed by atoms with Crippen LogP contribution in [0.15, 0.2) is 29.5 Å². The number of carbonyl (C=O) groups is 1. The van der Waals surface area contributed by atoms with Crippen molar-refractivity contribution in [3.05, 3.63) is 40.6 Å². The number of nitrogens with zero attached hydrogens (tertiary/aromatic N) is 6. The highest BCUT2D eigenvalue weighted by Gasteiger charge is 2.48. The van der Waals surface area contributed by atoms with Gasteiger partial charge in [-0.15, -0.1) is 0 Å². The van der Waals surface area contributed by atoms with Crippen LogP contribution in [0.4, 0.5) is 43.9 Å². The fraction of sp³-hybridized carbons (Fsp3) is 0.500. The Morgan fingerprint density at radius 3 is 2.62 bits per heavy atom. The first-order chi connectivity index (χ1) is 18.8. The molecule has 40 heavy (non-hydrogen) atoms. The number of H-pyrrole nitrogens is 1. The third-order valence-corrected chi connectivity index (χ3v) is 7.13. The molecule has 0 bridgehead atoms. The van der Waals surface area contributed by atoms with Crippen LogP contribution in [-0.2, 0) is 18.0 Å². The number of fused-ring (bicyclic) bond motifs is 1. The highest BCUT2D eigenvalue weighted by Crippen LogP contribution is 2.34. The van der Waals surface area contributed by atoms with Crippen LogP contribution in [-0.4, -0.2) is 88.9 Å². The zero-order chi connectivity index (χ0) is 28.8. The van der Waals surface area contributed by atoms with Crippen molar-refractivity contribution in [2.45, 2.75) is 24.6 Å².